The van der Waals surface area contributed by atoms with Crippen molar-refractivity contribution in [2.75, 3.05) is 19.3 Å². The Morgan fingerprint density at radius 2 is 2.00 bits per heavy atom. The summed E-state index contributed by atoms with van der Waals surface area (Å²) in [6.45, 7) is 4.38. The summed E-state index contributed by atoms with van der Waals surface area (Å²) in [6.07, 6.45) is 4.63. The summed E-state index contributed by atoms with van der Waals surface area (Å²) >= 11 is 1.75. The van der Waals surface area contributed by atoms with Gasteiger partial charge < -0.3 is 15.1 Å². The molecule has 22 heavy (non-hydrogen) atoms. The molecule has 0 atom stereocenters. The minimum Gasteiger partial charge on any atom is -0.469 e. The van der Waals surface area contributed by atoms with Crippen molar-refractivity contribution >= 4 is 17.7 Å². The molecule has 2 N–H and O–H groups in total. The summed E-state index contributed by atoms with van der Waals surface area (Å²) in [5.41, 5.74) is 1.21. The molecule has 1 aromatic carbocycles. The van der Waals surface area contributed by atoms with Gasteiger partial charge in [-0.15, -0.1) is 11.8 Å². The number of benzene rings is 1. The molecule has 2 rings (SSSR count). The van der Waals surface area contributed by atoms with E-state index in [1.807, 2.05) is 12.1 Å². The number of nitrogens with zero attached hydrogens (tertiary/aromatic N) is 1. The quantitative estimate of drug-likeness (QED) is 0.467. The van der Waals surface area contributed by atoms with Gasteiger partial charge in [0, 0.05) is 24.4 Å². The van der Waals surface area contributed by atoms with Crippen molar-refractivity contribution in [2.24, 2.45) is 4.99 Å². The van der Waals surface area contributed by atoms with Gasteiger partial charge in [0.05, 0.1) is 12.8 Å². The number of hydrogen-bond donors (Lipinski definition) is 2. The zero-order valence-corrected chi connectivity index (χ0v) is 14.0. The highest BCUT2D eigenvalue weighted by Gasteiger charge is 2.00. The first-order valence-electron chi connectivity index (χ1n) is 7.49. The van der Waals surface area contributed by atoms with Crippen molar-refractivity contribution in [2.45, 2.75) is 24.8 Å². The van der Waals surface area contributed by atoms with Crippen molar-refractivity contribution in [3.63, 3.8) is 0 Å². The van der Waals surface area contributed by atoms with Crippen LogP contribution in [-0.4, -0.2) is 25.3 Å². The van der Waals surface area contributed by atoms with Gasteiger partial charge in [-0.25, -0.2) is 4.99 Å². The summed E-state index contributed by atoms with van der Waals surface area (Å²) in [6, 6.07) is 12.4. The molecule has 0 saturated carbocycles. The Bertz CT molecular complexity index is 564. The van der Waals surface area contributed by atoms with E-state index in [2.05, 4.69) is 53.1 Å². The molecule has 0 saturated heterocycles. The summed E-state index contributed by atoms with van der Waals surface area (Å²) in [4.78, 5) is 5.89. The van der Waals surface area contributed by atoms with Crippen molar-refractivity contribution in [3.05, 3.63) is 54.0 Å². The van der Waals surface area contributed by atoms with E-state index in [-0.39, 0.29) is 0 Å². The van der Waals surface area contributed by atoms with Crippen molar-refractivity contribution in [1.82, 2.24) is 10.6 Å². The number of guanidine groups is 1. The fourth-order valence-electron chi connectivity index (χ4n) is 2.00. The number of thioether (sulfide) groups is 1. The second kappa shape index (κ2) is 9.20. The largest absolute Gasteiger partial charge is 0.469 e. The summed E-state index contributed by atoms with van der Waals surface area (Å²) < 4.78 is 5.32. The molecule has 4 nitrogen and oxygen atoms in total. The van der Waals surface area contributed by atoms with E-state index in [9.17, 15) is 0 Å². The average Bonchev–Trinajstić information content (AvgIpc) is 3.06. The fourth-order valence-corrected chi connectivity index (χ4v) is 2.41. The first-order valence-corrected chi connectivity index (χ1v) is 8.71. The van der Waals surface area contributed by atoms with E-state index in [1.54, 1.807) is 18.0 Å². The van der Waals surface area contributed by atoms with Crippen LogP contribution in [0, 0.1) is 0 Å². The molecular weight excluding hydrogens is 294 g/mol. The highest BCUT2D eigenvalue weighted by molar-refractivity contribution is 7.98. The van der Waals surface area contributed by atoms with Gasteiger partial charge in [0.15, 0.2) is 5.96 Å². The van der Waals surface area contributed by atoms with E-state index in [4.69, 9.17) is 4.42 Å². The van der Waals surface area contributed by atoms with Crippen LogP contribution in [0.1, 0.15) is 18.2 Å². The number of rotatable bonds is 7. The molecule has 2 aromatic rings. The molecule has 0 aliphatic carbocycles. The van der Waals surface area contributed by atoms with E-state index in [0.29, 0.717) is 6.54 Å². The second-order valence-electron chi connectivity index (χ2n) is 4.80. The minimum atomic E-state index is 0.671. The molecule has 0 spiro atoms. The van der Waals surface area contributed by atoms with Gasteiger partial charge in [0.2, 0.25) is 0 Å². The molecule has 118 valence electrons. The zero-order chi connectivity index (χ0) is 15.6. The van der Waals surface area contributed by atoms with Crippen LogP contribution in [0.2, 0.25) is 0 Å². The lowest BCUT2D eigenvalue weighted by molar-refractivity contribution is 0.507. The number of aliphatic imine (C=N–C) groups is 1. The summed E-state index contributed by atoms with van der Waals surface area (Å²) in [7, 11) is 0. The molecule has 0 aliphatic heterocycles. The first kappa shape index (κ1) is 16.5. The highest BCUT2D eigenvalue weighted by Crippen LogP contribution is 2.15. The standard InChI is InChI=1S/C17H23N3OS/c1-3-18-17(19-11-10-15-5-4-12-21-15)20-13-14-6-8-16(22-2)9-7-14/h4-9,12H,3,10-11,13H2,1-2H3,(H2,18,19,20). The van der Waals surface area contributed by atoms with Crippen LogP contribution in [0.25, 0.3) is 0 Å². The van der Waals surface area contributed by atoms with Crippen LogP contribution in [0.3, 0.4) is 0 Å². The monoisotopic (exact) mass is 317 g/mol. The Morgan fingerprint density at radius 1 is 1.18 bits per heavy atom. The first-order chi connectivity index (χ1) is 10.8. The third-order valence-electron chi connectivity index (χ3n) is 3.17. The maximum Gasteiger partial charge on any atom is 0.191 e. The third-order valence-corrected chi connectivity index (χ3v) is 3.91. The topological polar surface area (TPSA) is 49.6 Å². The SMILES string of the molecule is CCNC(=NCc1ccc(SC)cc1)NCCc1ccco1. The Morgan fingerprint density at radius 3 is 2.64 bits per heavy atom. The second-order valence-corrected chi connectivity index (χ2v) is 5.68. The molecule has 0 amide bonds. The van der Waals surface area contributed by atoms with Crippen LogP contribution in [-0.2, 0) is 13.0 Å². The summed E-state index contributed by atoms with van der Waals surface area (Å²) in [5, 5.41) is 6.59. The van der Waals surface area contributed by atoms with Crippen molar-refractivity contribution in [3.8, 4) is 0 Å². The van der Waals surface area contributed by atoms with Gasteiger partial charge >= 0.3 is 0 Å². The van der Waals surface area contributed by atoms with E-state index in [1.165, 1.54) is 10.5 Å². The normalized spacial score (nSPS) is 11.5. The molecule has 5 heteroatoms. The fraction of sp³-hybridized carbons (Fsp3) is 0.353. The smallest absolute Gasteiger partial charge is 0.191 e. The van der Waals surface area contributed by atoms with Crippen LogP contribution in [0.4, 0.5) is 0 Å². The van der Waals surface area contributed by atoms with E-state index in [0.717, 1.165) is 31.2 Å². The maximum absolute atomic E-state index is 5.32. The van der Waals surface area contributed by atoms with Crippen molar-refractivity contribution < 1.29 is 4.42 Å². The lowest BCUT2D eigenvalue weighted by atomic mass is 10.2. The van der Waals surface area contributed by atoms with Crippen molar-refractivity contribution in [1.29, 1.82) is 0 Å². The Hall–Kier alpha value is -1.88. The molecule has 0 bridgehead atoms. The Labute approximate surface area is 136 Å². The molecule has 0 radical (unpaired) electrons. The lowest BCUT2D eigenvalue weighted by Crippen LogP contribution is -2.38. The zero-order valence-electron chi connectivity index (χ0n) is 13.1. The molecule has 0 aliphatic rings. The highest BCUT2D eigenvalue weighted by atomic mass is 32.2. The van der Waals surface area contributed by atoms with Crippen LogP contribution >= 0.6 is 11.8 Å². The van der Waals surface area contributed by atoms with Gasteiger partial charge in [0.1, 0.15) is 5.76 Å². The molecule has 1 heterocycles. The number of nitrogens with one attached hydrogen (secondary N) is 2. The van der Waals surface area contributed by atoms with Crippen LogP contribution in [0.15, 0.2) is 57.0 Å². The Balaban J connectivity index is 1.85. The number of furan rings is 1. The van der Waals surface area contributed by atoms with Gasteiger partial charge in [-0.1, -0.05) is 12.1 Å². The van der Waals surface area contributed by atoms with Crippen LogP contribution < -0.4 is 10.6 Å². The molecule has 1 aromatic heterocycles. The van der Waals surface area contributed by atoms with Gasteiger partial charge in [-0.2, -0.15) is 0 Å². The molecule has 0 fully saturated rings. The molecule has 0 unspecified atom stereocenters. The Kier molecular flexibility index (Phi) is 6.90. The minimum absolute atomic E-state index is 0.671. The van der Waals surface area contributed by atoms with Gasteiger partial charge in [-0.05, 0) is 43.0 Å². The molecular formula is C17H23N3OS. The predicted molar refractivity (Wildman–Crippen MR) is 93.5 cm³/mol. The van der Waals surface area contributed by atoms with Crippen LogP contribution in [0.5, 0.6) is 0 Å². The van der Waals surface area contributed by atoms with E-state index < -0.39 is 0 Å². The summed E-state index contributed by atoms with van der Waals surface area (Å²) in [5.74, 6) is 1.82. The van der Waals surface area contributed by atoms with Gasteiger partial charge in [-0.3, -0.25) is 0 Å². The number of hydrogen-bond acceptors (Lipinski definition) is 3. The average molecular weight is 317 g/mol. The third kappa shape index (κ3) is 5.48. The maximum atomic E-state index is 5.32. The lowest BCUT2D eigenvalue weighted by Gasteiger charge is -2.10. The van der Waals surface area contributed by atoms with Gasteiger partial charge in [0.25, 0.3) is 0 Å². The predicted octanol–water partition coefficient (Wildman–Crippen LogP) is 3.30. The van der Waals surface area contributed by atoms with E-state index >= 15 is 0 Å².